The summed E-state index contributed by atoms with van der Waals surface area (Å²) in [4.78, 5) is 1.67. The van der Waals surface area contributed by atoms with Crippen LogP contribution in [0.15, 0.2) is 12.1 Å². The molecule has 0 saturated heterocycles. The fourth-order valence-corrected chi connectivity index (χ4v) is 1.42. The van der Waals surface area contributed by atoms with E-state index in [1.54, 1.807) is 25.9 Å². The van der Waals surface area contributed by atoms with Crippen molar-refractivity contribution in [3.63, 3.8) is 0 Å². The second-order valence-corrected chi connectivity index (χ2v) is 3.87. The molecule has 0 heterocycles. The number of aliphatic hydroxyl groups is 1. The van der Waals surface area contributed by atoms with Gasteiger partial charge in [0.15, 0.2) is 0 Å². The first-order valence-corrected chi connectivity index (χ1v) is 4.70. The minimum Gasteiger partial charge on any atom is -0.387 e. The first kappa shape index (κ1) is 12.1. The summed E-state index contributed by atoms with van der Waals surface area (Å²) in [5.41, 5.74) is 0.0907. The Bertz CT molecular complexity index is 353. The molecule has 1 unspecified atom stereocenters. The molecule has 0 aliphatic rings. The molecule has 4 heteroatoms. The summed E-state index contributed by atoms with van der Waals surface area (Å²) in [7, 11) is 3.46. The monoisotopic (exact) mass is 215 g/mol. The van der Waals surface area contributed by atoms with Crippen LogP contribution >= 0.6 is 0 Å². The quantitative estimate of drug-likeness (QED) is 0.832. The Balaban J connectivity index is 3.07. The molecule has 2 nitrogen and oxygen atoms in total. The van der Waals surface area contributed by atoms with Gasteiger partial charge in [-0.3, -0.25) is 0 Å². The maximum Gasteiger partial charge on any atom is 0.134 e. The summed E-state index contributed by atoms with van der Waals surface area (Å²) in [6.07, 6.45) is -1.14. The summed E-state index contributed by atoms with van der Waals surface area (Å²) < 4.78 is 26.9. The fourth-order valence-electron chi connectivity index (χ4n) is 1.42. The average Bonchev–Trinajstić information content (AvgIpc) is 2.11. The number of nitrogens with zero attached hydrogens (tertiary/aromatic N) is 1. The van der Waals surface area contributed by atoms with E-state index in [0.717, 1.165) is 0 Å². The molecule has 1 N–H and O–H groups in total. The van der Waals surface area contributed by atoms with Gasteiger partial charge in [0.1, 0.15) is 11.6 Å². The zero-order valence-electron chi connectivity index (χ0n) is 9.09. The number of rotatable bonds is 3. The molecule has 0 aromatic heterocycles. The van der Waals surface area contributed by atoms with Gasteiger partial charge in [0.2, 0.25) is 0 Å². The first-order chi connectivity index (χ1) is 6.93. The Hall–Kier alpha value is -1.00. The molecule has 0 amide bonds. The van der Waals surface area contributed by atoms with E-state index in [2.05, 4.69) is 0 Å². The Morgan fingerprint density at radius 2 is 1.93 bits per heavy atom. The third-order valence-corrected chi connectivity index (χ3v) is 2.19. The molecule has 1 rings (SSSR count). The van der Waals surface area contributed by atoms with Crippen LogP contribution in [0.2, 0.25) is 0 Å². The average molecular weight is 215 g/mol. The number of hydrogen-bond donors (Lipinski definition) is 1. The van der Waals surface area contributed by atoms with E-state index in [4.69, 9.17) is 0 Å². The van der Waals surface area contributed by atoms with Crippen LogP contribution in [-0.4, -0.2) is 30.6 Å². The number of likely N-dealkylation sites (N-methyl/N-ethyl adjacent to an activating group) is 1. The Morgan fingerprint density at radius 3 is 2.47 bits per heavy atom. The topological polar surface area (TPSA) is 23.5 Å². The second kappa shape index (κ2) is 4.68. The van der Waals surface area contributed by atoms with E-state index in [1.807, 2.05) is 0 Å². The number of halogens is 2. The number of hydrogen-bond acceptors (Lipinski definition) is 2. The van der Waals surface area contributed by atoms with Gasteiger partial charge >= 0.3 is 0 Å². The molecule has 0 fully saturated rings. The van der Waals surface area contributed by atoms with Gasteiger partial charge in [-0.15, -0.1) is 0 Å². The molecule has 0 spiro atoms. The number of aryl methyl sites for hydroxylation is 1. The second-order valence-electron chi connectivity index (χ2n) is 3.87. The molecular formula is C11H15F2NO. The standard InChI is InChI=1S/C11H15F2NO/c1-7-4-5-8(12)10(11(7)13)9(15)6-14(2)3/h4-5,9,15H,6H2,1-3H3. The van der Waals surface area contributed by atoms with E-state index in [0.29, 0.717) is 5.56 Å². The Morgan fingerprint density at radius 1 is 1.33 bits per heavy atom. The van der Waals surface area contributed by atoms with Gasteiger partial charge in [-0.25, -0.2) is 8.78 Å². The van der Waals surface area contributed by atoms with Crippen molar-refractivity contribution in [3.8, 4) is 0 Å². The molecule has 0 aliphatic carbocycles. The lowest BCUT2D eigenvalue weighted by Gasteiger charge is -2.18. The van der Waals surface area contributed by atoms with Crippen molar-refractivity contribution in [2.45, 2.75) is 13.0 Å². The Labute approximate surface area is 88.1 Å². The minimum atomic E-state index is -1.14. The van der Waals surface area contributed by atoms with E-state index in [1.165, 1.54) is 12.1 Å². The van der Waals surface area contributed by atoms with Crippen LogP contribution in [0.25, 0.3) is 0 Å². The van der Waals surface area contributed by atoms with E-state index in [-0.39, 0.29) is 12.1 Å². The van der Waals surface area contributed by atoms with Crippen LogP contribution in [0.3, 0.4) is 0 Å². The third kappa shape index (κ3) is 2.73. The molecule has 84 valence electrons. The van der Waals surface area contributed by atoms with Gasteiger partial charge in [-0.2, -0.15) is 0 Å². The van der Waals surface area contributed by atoms with Crippen molar-refractivity contribution in [2.24, 2.45) is 0 Å². The van der Waals surface area contributed by atoms with Crippen molar-refractivity contribution in [3.05, 3.63) is 34.9 Å². The van der Waals surface area contributed by atoms with Crippen LogP contribution in [0.5, 0.6) is 0 Å². The highest BCUT2D eigenvalue weighted by Crippen LogP contribution is 2.23. The zero-order valence-corrected chi connectivity index (χ0v) is 9.09. The lowest BCUT2D eigenvalue weighted by atomic mass is 10.0. The molecule has 1 aromatic carbocycles. The van der Waals surface area contributed by atoms with Crippen molar-refractivity contribution in [1.82, 2.24) is 4.90 Å². The highest BCUT2D eigenvalue weighted by Gasteiger charge is 2.19. The summed E-state index contributed by atoms with van der Waals surface area (Å²) in [6.45, 7) is 1.73. The van der Waals surface area contributed by atoms with Gasteiger partial charge in [0.05, 0.1) is 11.7 Å². The number of benzene rings is 1. The normalized spacial score (nSPS) is 13.3. The zero-order chi connectivity index (χ0) is 11.6. The SMILES string of the molecule is Cc1ccc(F)c(C(O)CN(C)C)c1F. The van der Waals surface area contributed by atoms with Crippen LogP contribution < -0.4 is 0 Å². The summed E-state index contributed by atoms with van der Waals surface area (Å²) >= 11 is 0. The summed E-state index contributed by atoms with van der Waals surface area (Å²) in [5.74, 6) is -1.36. The van der Waals surface area contributed by atoms with E-state index >= 15 is 0 Å². The van der Waals surface area contributed by atoms with Crippen molar-refractivity contribution in [1.29, 1.82) is 0 Å². The molecule has 1 atom stereocenters. The molecule has 0 radical (unpaired) electrons. The lowest BCUT2D eigenvalue weighted by molar-refractivity contribution is 0.130. The van der Waals surface area contributed by atoms with Crippen LogP contribution in [-0.2, 0) is 0 Å². The van der Waals surface area contributed by atoms with E-state index in [9.17, 15) is 13.9 Å². The van der Waals surface area contributed by atoms with Crippen LogP contribution in [0.1, 0.15) is 17.2 Å². The third-order valence-electron chi connectivity index (χ3n) is 2.19. The molecule has 0 saturated carbocycles. The molecule has 0 bridgehead atoms. The molecule has 15 heavy (non-hydrogen) atoms. The molecule has 0 aliphatic heterocycles. The summed E-state index contributed by atoms with van der Waals surface area (Å²) in [5, 5.41) is 9.66. The van der Waals surface area contributed by atoms with Crippen molar-refractivity contribution >= 4 is 0 Å². The maximum atomic E-state index is 13.5. The highest BCUT2D eigenvalue weighted by molar-refractivity contribution is 5.28. The van der Waals surface area contributed by atoms with Gasteiger partial charge in [-0.05, 0) is 32.6 Å². The number of aliphatic hydroxyl groups excluding tert-OH is 1. The molecule has 1 aromatic rings. The van der Waals surface area contributed by atoms with Gasteiger partial charge in [0.25, 0.3) is 0 Å². The fraction of sp³-hybridized carbons (Fsp3) is 0.455. The highest BCUT2D eigenvalue weighted by atomic mass is 19.1. The van der Waals surface area contributed by atoms with Gasteiger partial charge in [0, 0.05) is 6.54 Å². The van der Waals surface area contributed by atoms with Crippen LogP contribution in [0, 0.1) is 18.6 Å². The Kier molecular flexibility index (Phi) is 3.77. The summed E-state index contributed by atoms with van der Waals surface area (Å²) in [6, 6.07) is 2.53. The molecular weight excluding hydrogens is 200 g/mol. The van der Waals surface area contributed by atoms with Gasteiger partial charge in [-0.1, -0.05) is 6.07 Å². The van der Waals surface area contributed by atoms with E-state index < -0.39 is 17.7 Å². The minimum absolute atomic E-state index is 0.192. The predicted octanol–water partition coefficient (Wildman–Crippen LogP) is 1.87. The van der Waals surface area contributed by atoms with Gasteiger partial charge < -0.3 is 10.0 Å². The first-order valence-electron chi connectivity index (χ1n) is 4.70. The predicted molar refractivity (Wildman–Crippen MR) is 54.6 cm³/mol. The largest absolute Gasteiger partial charge is 0.387 e. The van der Waals surface area contributed by atoms with Crippen molar-refractivity contribution < 1.29 is 13.9 Å². The van der Waals surface area contributed by atoms with Crippen molar-refractivity contribution in [2.75, 3.05) is 20.6 Å². The van der Waals surface area contributed by atoms with Crippen LogP contribution in [0.4, 0.5) is 8.78 Å². The maximum absolute atomic E-state index is 13.5. The smallest absolute Gasteiger partial charge is 0.134 e. The lowest BCUT2D eigenvalue weighted by Crippen LogP contribution is -2.21.